The van der Waals surface area contributed by atoms with E-state index in [4.69, 9.17) is 4.74 Å². The van der Waals surface area contributed by atoms with Gasteiger partial charge in [-0.2, -0.15) is 0 Å². The molecule has 106 valence electrons. The zero-order valence-corrected chi connectivity index (χ0v) is 13.1. The van der Waals surface area contributed by atoms with E-state index in [0.717, 1.165) is 15.7 Å². The van der Waals surface area contributed by atoms with E-state index < -0.39 is 0 Å². The highest BCUT2D eigenvalue weighted by Crippen LogP contribution is 2.26. The van der Waals surface area contributed by atoms with Gasteiger partial charge in [-0.25, -0.2) is 0 Å². The lowest BCUT2D eigenvalue weighted by Gasteiger charge is -2.07. The molecule has 0 spiro atoms. The molecule has 0 saturated heterocycles. The second-order valence-corrected chi connectivity index (χ2v) is 6.43. The average molecular weight is 309 g/mol. The van der Waals surface area contributed by atoms with Crippen LogP contribution in [0.2, 0.25) is 0 Å². The molecule has 1 aromatic heterocycles. The van der Waals surface area contributed by atoms with Gasteiger partial charge in [0.05, 0.1) is 7.11 Å². The fraction of sp³-hybridized carbons (Fsp3) is 0.308. The molecule has 1 N–H and O–H groups in total. The second kappa shape index (κ2) is 6.71. The van der Waals surface area contributed by atoms with Gasteiger partial charge in [0.25, 0.3) is 5.91 Å². The maximum absolute atomic E-state index is 12.1. The number of hydrogen-bond acceptors (Lipinski definition) is 6. The van der Waals surface area contributed by atoms with E-state index in [1.54, 1.807) is 31.0 Å². The molecule has 0 aliphatic carbocycles. The number of carbonyl (C=O) groups is 1. The quantitative estimate of drug-likeness (QED) is 0.678. The van der Waals surface area contributed by atoms with Crippen molar-refractivity contribution < 1.29 is 9.53 Å². The molecule has 1 heterocycles. The first-order chi connectivity index (χ1) is 9.63. The minimum atomic E-state index is -0.215. The van der Waals surface area contributed by atoms with Gasteiger partial charge in [0.2, 0.25) is 5.13 Å². The van der Waals surface area contributed by atoms with Crippen LogP contribution >= 0.6 is 23.1 Å². The summed E-state index contributed by atoms with van der Waals surface area (Å²) in [6.07, 6.45) is 0. The van der Waals surface area contributed by atoms with Gasteiger partial charge in [-0.3, -0.25) is 10.1 Å². The number of benzene rings is 1. The average Bonchev–Trinajstić information content (AvgIpc) is 2.87. The number of rotatable bonds is 5. The Labute approximate surface area is 125 Å². The highest BCUT2D eigenvalue weighted by molar-refractivity contribution is 8.01. The Kier molecular flexibility index (Phi) is 4.97. The number of ether oxygens (including phenoxy) is 1. The lowest BCUT2D eigenvalue weighted by atomic mass is 10.1. The van der Waals surface area contributed by atoms with E-state index in [2.05, 4.69) is 15.5 Å². The third-order valence-electron chi connectivity index (χ3n) is 2.56. The summed E-state index contributed by atoms with van der Waals surface area (Å²) in [7, 11) is 1.59. The van der Waals surface area contributed by atoms with Crippen LogP contribution < -0.4 is 10.1 Å². The summed E-state index contributed by atoms with van der Waals surface area (Å²) in [6, 6.07) is 5.33. The Morgan fingerprint density at radius 2 is 2.25 bits per heavy atom. The predicted molar refractivity (Wildman–Crippen MR) is 82.0 cm³/mol. The Balaban J connectivity index is 2.11. The van der Waals surface area contributed by atoms with Crippen molar-refractivity contribution in [2.45, 2.75) is 18.2 Å². The molecule has 0 bridgehead atoms. The predicted octanol–water partition coefficient (Wildman–Crippen LogP) is 3.22. The van der Waals surface area contributed by atoms with Crippen molar-refractivity contribution >= 4 is 34.1 Å². The summed E-state index contributed by atoms with van der Waals surface area (Å²) in [5.74, 6) is 1.40. The van der Waals surface area contributed by atoms with Gasteiger partial charge in [0.1, 0.15) is 5.75 Å². The van der Waals surface area contributed by atoms with Crippen molar-refractivity contribution in [3.05, 3.63) is 29.3 Å². The third kappa shape index (κ3) is 3.49. The molecule has 5 nitrogen and oxygen atoms in total. The molecule has 0 aliphatic heterocycles. The molecule has 2 aromatic rings. The monoisotopic (exact) mass is 309 g/mol. The van der Waals surface area contributed by atoms with Crippen LogP contribution in [0.1, 0.15) is 22.8 Å². The fourth-order valence-electron chi connectivity index (χ4n) is 1.57. The molecular formula is C13H15N3O2S2. The first-order valence-corrected chi connectivity index (χ1v) is 7.86. The zero-order chi connectivity index (χ0) is 14.5. The molecule has 0 fully saturated rings. The number of anilines is 1. The summed E-state index contributed by atoms with van der Waals surface area (Å²) in [5.41, 5.74) is 1.52. The molecule has 1 aromatic carbocycles. The van der Waals surface area contributed by atoms with Gasteiger partial charge in [-0.05, 0) is 30.4 Å². The van der Waals surface area contributed by atoms with E-state index >= 15 is 0 Å². The summed E-state index contributed by atoms with van der Waals surface area (Å²) in [4.78, 5) is 12.1. The van der Waals surface area contributed by atoms with E-state index in [1.165, 1.54) is 11.3 Å². The summed E-state index contributed by atoms with van der Waals surface area (Å²) < 4.78 is 6.06. The molecular weight excluding hydrogens is 294 g/mol. The van der Waals surface area contributed by atoms with Crippen LogP contribution in [0.15, 0.2) is 22.5 Å². The van der Waals surface area contributed by atoms with Gasteiger partial charge in [-0.15, -0.1) is 10.2 Å². The topological polar surface area (TPSA) is 64.1 Å². The smallest absolute Gasteiger partial charge is 0.257 e. The first kappa shape index (κ1) is 14.8. The number of aryl methyl sites for hydroxylation is 1. The number of aromatic nitrogens is 2. The number of carbonyl (C=O) groups excluding carboxylic acids is 1. The Hall–Kier alpha value is -1.60. The SMILES string of the molecule is CCSc1nnc(NC(=O)c2ccc(C)c(OC)c2)s1. The van der Waals surface area contributed by atoms with Gasteiger partial charge in [0.15, 0.2) is 4.34 Å². The summed E-state index contributed by atoms with van der Waals surface area (Å²) in [5, 5.41) is 11.2. The molecule has 2 rings (SSSR count). The number of nitrogens with one attached hydrogen (secondary N) is 1. The highest BCUT2D eigenvalue weighted by atomic mass is 32.2. The van der Waals surface area contributed by atoms with Crippen molar-refractivity contribution in [3.63, 3.8) is 0 Å². The normalized spacial score (nSPS) is 10.3. The van der Waals surface area contributed by atoms with E-state index in [0.29, 0.717) is 16.4 Å². The number of thioether (sulfide) groups is 1. The standard InChI is InChI=1S/C13H15N3O2S2/c1-4-19-13-16-15-12(20-13)14-11(17)9-6-5-8(2)10(7-9)18-3/h5-7H,4H2,1-3H3,(H,14,15,17). The number of hydrogen-bond donors (Lipinski definition) is 1. The number of methoxy groups -OCH3 is 1. The Morgan fingerprint density at radius 3 is 2.95 bits per heavy atom. The van der Waals surface area contributed by atoms with Crippen LogP contribution in [0, 0.1) is 6.92 Å². The molecule has 7 heteroatoms. The van der Waals surface area contributed by atoms with Crippen molar-refractivity contribution in [1.82, 2.24) is 10.2 Å². The van der Waals surface area contributed by atoms with Crippen LogP contribution in [0.25, 0.3) is 0 Å². The molecule has 0 radical (unpaired) electrons. The fourth-order valence-corrected chi connectivity index (χ4v) is 3.22. The van der Waals surface area contributed by atoms with Crippen LogP contribution in [0.4, 0.5) is 5.13 Å². The molecule has 0 unspecified atom stereocenters. The Morgan fingerprint density at radius 1 is 1.45 bits per heavy atom. The summed E-state index contributed by atoms with van der Waals surface area (Å²) in [6.45, 7) is 3.97. The molecule has 20 heavy (non-hydrogen) atoms. The highest BCUT2D eigenvalue weighted by Gasteiger charge is 2.12. The maximum Gasteiger partial charge on any atom is 0.257 e. The van der Waals surface area contributed by atoms with Gasteiger partial charge < -0.3 is 4.74 Å². The number of nitrogens with zero attached hydrogens (tertiary/aromatic N) is 2. The van der Waals surface area contributed by atoms with Gasteiger partial charge in [-0.1, -0.05) is 36.1 Å². The molecule has 1 amide bonds. The van der Waals surface area contributed by atoms with Gasteiger partial charge >= 0.3 is 0 Å². The van der Waals surface area contributed by atoms with E-state index in [-0.39, 0.29) is 5.91 Å². The maximum atomic E-state index is 12.1. The van der Waals surface area contributed by atoms with Gasteiger partial charge in [0, 0.05) is 5.56 Å². The number of amides is 1. The lowest BCUT2D eigenvalue weighted by Crippen LogP contribution is -2.12. The van der Waals surface area contributed by atoms with E-state index in [9.17, 15) is 4.79 Å². The molecule has 0 saturated carbocycles. The summed E-state index contributed by atoms with van der Waals surface area (Å²) >= 11 is 2.97. The minimum absolute atomic E-state index is 0.215. The molecule has 0 atom stereocenters. The van der Waals surface area contributed by atoms with Crippen LogP contribution in [0.5, 0.6) is 5.75 Å². The van der Waals surface area contributed by atoms with Crippen molar-refractivity contribution in [2.75, 3.05) is 18.2 Å². The van der Waals surface area contributed by atoms with Crippen LogP contribution in [0.3, 0.4) is 0 Å². The van der Waals surface area contributed by atoms with E-state index in [1.807, 2.05) is 19.9 Å². The Bertz CT molecular complexity index is 613. The minimum Gasteiger partial charge on any atom is -0.496 e. The lowest BCUT2D eigenvalue weighted by molar-refractivity contribution is 0.102. The zero-order valence-electron chi connectivity index (χ0n) is 11.5. The molecule has 0 aliphatic rings. The van der Waals surface area contributed by atoms with Crippen molar-refractivity contribution in [3.8, 4) is 5.75 Å². The first-order valence-electron chi connectivity index (χ1n) is 6.06. The third-order valence-corrected chi connectivity index (χ3v) is 4.42. The van der Waals surface area contributed by atoms with Crippen LogP contribution in [-0.4, -0.2) is 29.0 Å². The largest absolute Gasteiger partial charge is 0.496 e. The second-order valence-electron chi connectivity index (χ2n) is 3.94. The van der Waals surface area contributed by atoms with Crippen molar-refractivity contribution in [1.29, 1.82) is 0 Å². The van der Waals surface area contributed by atoms with Crippen molar-refractivity contribution in [2.24, 2.45) is 0 Å². The van der Waals surface area contributed by atoms with Crippen LogP contribution in [-0.2, 0) is 0 Å².